The molecule has 2 heterocycles. The van der Waals surface area contributed by atoms with Crippen LogP contribution in [0.25, 0.3) is 0 Å². The number of nitrogens with one attached hydrogen (secondary N) is 2. The fourth-order valence-electron chi connectivity index (χ4n) is 2.58. The van der Waals surface area contributed by atoms with E-state index in [0.29, 0.717) is 19.2 Å². The summed E-state index contributed by atoms with van der Waals surface area (Å²) >= 11 is 0. The van der Waals surface area contributed by atoms with E-state index < -0.39 is 0 Å². The summed E-state index contributed by atoms with van der Waals surface area (Å²) < 4.78 is 15.9. The van der Waals surface area contributed by atoms with Crippen molar-refractivity contribution in [2.24, 2.45) is 4.99 Å². The molecule has 0 fully saturated rings. The lowest BCUT2D eigenvalue weighted by Crippen LogP contribution is -2.38. The minimum Gasteiger partial charge on any atom is -0.481 e. The quantitative estimate of drug-likeness (QED) is 0.585. The molecule has 0 bridgehead atoms. The molecule has 2 N–H and O–H groups in total. The molecule has 7 heteroatoms. The van der Waals surface area contributed by atoms with Crippen LogP contribution in [0.2, 0.25) is 0 Å². The van der Waals surface area contributed by atoms with Gasteiger partial charge in [-0.1, -0.05) is 12.1 Å². The van der Waals surface area contributed by atoms with Crippen molar-refractivity contribution in [3.63, 3.8) is 0 Å². The van der Waals surface area contributed by atoms with E-state index in [2.05, 4.69) is 26.7 Å². The van der Waals surface area contributed by atoms with Crippen LogP contribution in [0.4, 0.5) is 0 Å². The number of methoxy groups -OCH3 is 1. The third-order valence-electron chi connectivity index (χ3n) is 3.88. The van der Waals surface area contributed by atoms with Crippen LogP contribution >= 0.6 is 0 Å². The average molecular weight is 356 g/mol. The van der Waals surface area contributed by atoms with Crippen LogP contribution in [0.5, 0.6) is 17.4 Å². The normalized spacial score (nSPS) is 12.8. The number of hydrogen-bond donors (Lipinski definition) is 2. The summed E-state index contributed by atoms with van der Waals surface area (Å²) in [5.41, 5.74) is 2.05. The number of nitrogens with zero attached hydrogens (tertiary/aromatic N) is 2. The van der Waals surface area contributed by atoms with E-state index in [0.717, 1.165) is 42.7 Å². The largest absolute Gasteiger partial charge is 0.481 e. The third kappa shape index (κ3) is 4.78. The van der Waals surface area contributed by atoms with Gasteiger partial charge in [0.05, 0.1) is 19.3 Å². The molecule has 0 radical (unpaired) electrons. The van der Waals surface area contributed by atoms with E-state index in [4.69, 9.17) is 14.2 Å². The zero-order chi connectivity index (χ0) is 18.2. The molecule has 1 aliphatic rings. The number of pyridine rings is 1. The van der Waals surface area contributed by atoms with Crippen molar-refractivity contribution >= 4 is 5.96 Å². The number of ether oxygens (including phenoxy) is 3. The summed E-state index contributed by atoms with van der Waals surface area (Å²) in [6, 6.07) is 11.7. The number of aliphatic imine (C=N–C) groups is 1. The molecule has 138 valence electrons. The Labute approximate surface area is 153 Å². The Kier molecular flexibility index (Phi) is 6.14. The van der Waals surface area contributed by atoms with Crippen LogP contribution in [0.1, 0.15) is 18.2 Å². The van der Waals surface area contributed by atoms with Gasteiger partial charge in [-0.05, 0) is 37.1 Å². The maximum atomic E-state index is 5.42. The predicted molar refractivity (Wildman–Crippen MR) is 99.9 cm³/mol. The highest BCUT2D eigenvalue weighted by molar-refractivity contribution is 5.79. The van der Waals surface area contributed by atoms with Gasteiger partial charge in [-0.2, -0.15) is 0 Å². The number of fused-ring (bicyclic) bond motifs is 1. The molecule has 0 aliphatic carbocycles. The molecule has 1 aromatic heterocycles. The second-order valence-corrected chi connectivity index (χ2v) is 5.73. The van der Waals surface area contributed by atoms with Gasteiger partial charge in [0, 0.05) is 19.2 Å². The lowest BCUT2D eigenvalue weighted by atomic mass is 10.1. The predicted octanol–water partition coefficient (Wildman–Crippen LogP) is 2.12. The number of guanidine groups is 1. The van der Waals surface area contributed by atoms with Crippen LogP contribution in [0.3, 0.4) is 0 Å². The Hall–Kier alpha value is -2.96. The molecule has 0 atom stereocenters. The van der Waals surface area contributed by atoms with Crippen molar-refractivity contribution in [2.75, 3.05) is 27.0 Å². The van der Waals surface area contributed by atoms with Crippen molar-refractivity contribution < 1.29 is 14.2 Å². The molecule has 0 saturated heterocycles. The number of rotatable bonds is 7. The second kappa shape index (κ2) is 8.94. The SMILES string of the molecule is CCNC(=NCc1cccc(OC)n1)NCCc1ccc2c(c1)OCO2. The molecule has 7 nitrogen and oxygen atoms in total. The Morgan fingerprint density at radius 3 is 2.92 bits per heavy atom. The van der Waals surface area contributed by atoms with Crippen LogP contribution in [0, 0.1) is 0 Å². The lowest BCUT2D eigenvalue weighted by molar-refractivity contribution is 0.174. The monoisotopic (exact) mass is 356 g/mol. The van der Waals surface area contributed by atoms with Crippen molar-refractivity contribution in [1.82, 2.24) is 15.6 Å². The highest BCUT2D eigenvalue weighted by Gasteiger charge is 2.12. The van der Waals surface area contributed by atoms with Gasteiger partial charge in [-0.3, -0.25) is 0 Å². The van der Waals surface area contributed by atoms with E-state index in [-0.39, 0.29) is 0 Å². The molecule has 0 unspecified atom stereocenters. The standard InChI is InChI=1S/C19H24N4O3/c1-3-20-19(22-12-15-5-4-6-18(23-15)24-2)21-10-9-14-7-8-16-17(11-14)26-13-25-16/h4-8,11H,3,9-10,12-13H2,1-2H3,(H2,20,21,22). The topological polar surface area (TPSA) is 77.0 Å². The molecule has 1 aromatic carbocycles. The van der Waals surface area contributed by atoms with Crippen LogP contribution in [-0.4, -0.2) is 37.9 Å². The van der Waals surface area contributed by atoms with E-state index in [1.807, 2.05) is 37.3 Å². The smallest absolute Gasteiger partial charge is 0.231 e. The summed E-state index contributed by atoms with van der Waals surface area (Å²) in [6.45, 7) is 4.38. The second-order valence-electron chi connectivity index (χ2n) is 5.73. The summed E-state index contributed by atoms with van der Waals surface area (Å²) in [6.07, 6.45) is 0.860. The van der Waals surface area contributed by atoms with E-state index in [1.54, 1.807) is 7.11 Å². The van der Waals surface area contributed by atoms with E-state index in [9.17, 15) is 0 Å². The molecule has 0 spiro atoms. The fourth-order valence-corrected chi connectivity index (χ4v) is 2.58. The first-order valence-corrected chi connectivity index (χ1v) is 8.69. The van der Waals surface area contributed by atoms with Crippen molar-refractivity contribution in [2.45, 2.75) is 19.9 Å². The van der Waals surface area contributed by atoms with Gasteiger partial charge in [0.15, 0.2) is 17.5 Å². The maximum absolute atomic E-state index is 5.42. The highest BCUT2D eigenvalue weighted by atomic mass is 16.7. The van der Waals surface area contributed by atoms with Crippen molar-refractivity contribution in [1.29, 1.82) is 0 Å². The van der Waals surface area contributed by atoms with Gasteiger partial charge < -0.3 is 24.8 Å². The minimum absolute atomic E-state index is 0.298. The molecule has 0 saturated carbocycles. The van der Waals surface area contributed by atoms with Gasteiger partial charge in [0.25, 0.3) is 0 Å². The average Bonchev–Trinajstić information content (AvgIpc) is 3.14. The van der Waals surface area contributed by atoms with Crippen LogP contribution in [-0.2, 0) is 13.0 Å². The van der Waals surface area contributed by atoms with E-state index in [1.165, 1.54) is 5.56 Å². The third-order valence-corrected chi connectivity index (χ3v) is 3.88. The summed E-state index contributed by atoms with van der Waals surface area (Å²) in [7, 11) is 1.61. The zero-order valence-corrected chi connectivity index (χ0v) is 15.1. The molecule has 1 aliphatic heterocycles. The Balaban J connectivity index is 1.54. The van der Waals surface area contributed by atoms with E-state index >= 15 is 0 Å². The lowest BCUT2D eigenvalue weighted by Gasteiger charge is -2.11. The van der Waals surface area contributed by atoms with Crippen molar-refractivity contribution in [3.05, 3.63) is 47.7 Å². The van der Waals surface area contributed by atoms with Gasteiger partial charge in [0.1, 0.15) is 0 Å². The molecule has 0 amide bonds. The Morgan fingerprint density at radius 2 is 2.08 bits per heavy atom. The summed E-state index contributed by atoms with van der Waals surface area (Å²) in [5.74, 6) is 2.98. The van der Waals surface area contributed by atoms with Crippen molar-refractivity contribution in [3.8, 4) is 17.4 Å². The molecule has 26 heavy (non-hydrogen) atoms. The summed E-state index contributed by atoms with van der Waals surface area (Å²) in [4.78, 5) is 8.95. The first kappa shape index (κ1) is 17.8. The Bertz CT molecular complexity index is 764. The van der Waals surface area contributed by atoms with Gasteiger partial charge in [-0.25, -0.2) is 9.98 Å². The van der Waals surface area contributed by atoms with Gasteiger partial charge in [-0.15, -0.1) is 0 Å². The number of aromatic nitrogens is 1. The molecule has 3 rings (SSSR count). The molecular formula is C19H24N4O3. The molecular weight excluding hydrogens is 332 g/mol. The number of benzene rings is 1. The summed E-state index contributed by atoms with van der Waals surface area (Å²) in [5, 5.41) is 6.59. The van der Waals surface area contributed by atoms with Gasteiger partial charge in [0.2, 0.25) is 12.7 Å². The van der Waals surface area contributed by atoms with Gasteiger partial charge >= 0.3 is 0 Å². The number of hydrogen-bond acceptors (Lipinski definition) is 5. The molecule has 2 aromatic rings. The fraction of sp³-hybridized carbons (Fsp3) is 0.368. The first-order chi connectivity index (χ1) is 12.8. The maximum Gasteiger partial charge on any atom is 0.231 e. The first-order valence-electron chi connectivity index (χ1n) is 8.69. The highest BCUT2D eigenvalue weighted by Crippen LogP contribution is 2.32. The minimum atomic E-state index is 0.298. The van der Waals surface area contributed by atoms with Crippen LogP contribution in [0.15, 0.2) is 41.4 Å². The van der Waals surface area contributed by atoms with Crippen LogP contribution < -0.4 is 24.8 Å². The Morgan fingerprint density at radius 1 is 1.19 bits per heavy atom. The zero-order valence-electron chi connectivity index (χ0n) is 15.1.